The molecular formula is C19H20FN3O2S. The van der Waals surface area contributed by atoms with Crippen LogP contribution in [-0.2, 0) is 4.79 Å². The Kier molecular flexibility index (Phi) is 5.62. The number of nitrogens with zero attached hydrogens (tertiary/aromatic N) is 2. The van der Waals surface area contributed by atoms with Crippen molar-refractivity contribution in [1.82, 2.24) is 10.3 Å². The second-order valence-electron chi connectivity index (χ2n) is 6.50. The highest BCUT2D eigenvalue weighted by molar-refractivity contribution is 8.00. The van der Waals surface area contributed by atoms with E-state index in [0.717, 1.165) is 19.3 Å². The van der Waals surface area contributed by atoms with Crippen molar-refractivity contribution in [3.05, 3.63) is 36.3 Å². The van der Waals surface area contributed by atoms with Crippen molar-refractivity contribution in [3.63, 3.8) is 0 Å². The zero-order chi connectivity index (χ0) is 18.6. The Morgan fingerprint density at radius 3 is 2.69 bits per heavy atom. The number of halogens is 1. The molecule has 1 unspecified atom stereocenters. The average molecular weight is 373 g/mol. The van der Waals surface area contributed by atoms with Crippen LogP contribution < -0.4 is 5.32 Å². The van der Waals surface area contributed by atoms with E-state index < -0.39 is 10.8 Å². The van der Waals surface area contributed by atoms with E-state index in [4.69, 9.17) is 4.42 Å². The van der Waals surface area contributed by atoms with Crippen molar-refractivity contribution in [3.8, 4) is 17.4 Å². The van der Waals surface area contributed by atoms with Crippen LogP contribution in [0.1, 0.15) is 39.0 Å². The number of amides is 1. The van der Waals surface area contributed by atoms with Crippen LogP contribution in [0, 0.1) is 17.1 Å². The molecule has 26 heavy (non-hydrogen) atoms. The Labute approximate surface area is 156 Å². The fourth-order valence-corrected chi connectivity index (χ4v) is 3.74. The van der Waals surface area contributed by atoms with Gasteiger partial charge in [0.2, 0.25) is 5.91 Å². The van der Waals surface area contributed by atoms with E-state index in [-0.39, 0.29) is 11.7 Å². The second-order valence-corrected chi connectivity index (χ2v) is 7.79. The van der Waals surface area contributed by atoms with Crippen LogP contribution in [0.15, 0.2) is 40.1 Å². The number of nitrogens with one attached hydrogen (secondary N) is 1. The van der Waals surface area contributed by atoms with Crippen molar-refractivity contribution >= 4 is 17.7 Å². The first-order valence-electron chi connectivity index (χ1n) is 8.63. The number of aromatic nitrogens is 1. The minimum Gasteiger partial charge on any atom is -0.431 e. The highest BCUT2D eigenvalue weighted by atomic mass is 32.2. The standard InChI is InChI=1S/C19H20FN3O2S/c1-13(17(24)23-19(12-21)9-3-2-4-10-19)26-18-22-11-16(25-18)14-5-7-15(20)8-6-14/h5-8,11,13H,2-4,9-10H2,1H3,(H,23,24). The first-order chi connectivity index (χ1) is 12.5. The van der Waals surface area contributed by atoms with E-state index in [0.29, 0.717) is 29.4 Å². The predicted molar refractivity (Wildman–Crippen MR) is 96.8 cm³/mol. The topological polar surface area (TPSA) is 78.9 Å². The molecule has 2 aromatic rings. The number of nitriles is 1. The molecule has 1 aliphatic rings. The Balaban J connectivity index is 1.62. The van der Waals surface area contributed by atoms with Gasteiger partial charge in [0.25, 0.3) is 5.22 Å². The summed E-state index contributed by atoms with van der Waals surface area (Å²) >= 11 is 1.19. The molecule has 1 aromatic carbocycles. The van der Waals surface area contributed by atoms with Crippen molar-refractivity contribution in [2.45, 2.75) is 55.0 Å². The Morgan fingerprint density at radius 2 is 2.04 bits per heavy atom. The minimum atomic E-state index is -0.750. The van der Waals surface area contributed by atoms with Gasteiger partial charge in [0.1, 0.15) is 11.4 Å². The smallest absolute Gasteiger partial charge is 0.256 e. The van der Waals surface area contributed by atoms with Crippen LogP contribution in [0.4, 0.5) is 4.39 Å². The molecule has 1 fully saturated rings. The number of carbonyl (C=O) groups is 1. The zero-order valence-corrected chi connectivity index (χ0v) is 15.3. The summed E-state index contributed by atoms with van der Waals surface area (Å²) in [6.45, 7) is 1.76. The number of oxazole rings is 1. The molecule has 1 saturated carbocycles. The normalized spacial score (nSPS) is 17.3. The van der Waals surface area contributed by atoms with Gasteiger partial charge in [-0.1, -0.05) is 31.0 Å². The van der Waals surface area contributed by atoms with Crippen LogP contribution in [0.5, 0.6) is 0 Å². The Morgan fingerprint density at radius 1 is 1.35 bits per heavy atom. The quantitative estimate of drug-likeness (QED) is 0.790. The second kappa shape index (κ2) is 7.92. The van der Waals surface area contributed by atoms with Gasteiger partial charge in [-0.3, -0.25) is 4.79 Å². The molecule has 7 heteroatoms. The summed E-state index contributed by atoms with van der Waals surface area (Å²) in [5.74, 6) is 0.00292. The maximum atomic E-state index is 13.0. The van der Waals surface area contributed by atoms with E-state index in [9.17, 15) is 14.4 Å². The van der Waals surface area contributed by atoms with Crippen molar-refractivity contribution in [2.75, 3.05) is 0 Å². The highest BCUT2D eigenvalue weighted by Gasteiger charge is 2.35. The summed E-state index contributed by atoms with van der Waals surface area (Å²) in [6, 6.07) is 8.22. The van der Waals surface area contributed by atoms with Gasteiger partial charge in [-0.05, 0) is 44.0 Å². The van der Waals surface area contributed by atoms with Gasteiger partial charge in [0.15, 0.2) is 5.76 Å². The summed E-state index contributed by atoms with van der Waals surface area (Å²) < 4.78 is 18.7. The lowest BCUT2D eigenvalue weighted by Gasteiger charge is -2.32. The van der Waals surface area contributed by atoms with E-state index >= 15 is 0 Å². The van der Waals surface area contributed by atoms with E-state index in [1.165, 1.54) is 23.9 Å². The highest BCUT2D eigenvalue weighted by Crippen LogP contribution is 2.30. The summed E-state index contributed by atoms with van der Waals surface area (Å²) in [4.78, 5) is 16.7. The minimum absolute atomic E-state index is 0.194. The number of benzene rings is 1. The largest absolute Gasteiger partial charge is 0.431 e. The molecule has 1 aliphatic carbocycles. The molecule has 3 rings (SSSR count). The van der Waals surface area contributed by atoms with Gasteiger partial charge in [-0.2, -0.15) is 5.26 Å². The van der Waals surface area contributed by atoms with Crippen LogP contribution in [0.25, 0.3) is 11.3 Å². The third-order valence-corrected chi connectivity index (χ3v) is 5.50. The first kappa shape index (κ1) is 18.5. The number of hydrogen-bond donors (Lipinski definition) is 1. The molecule has 1 aromatic heterocycles. The number of rotatable bonds is 5. The van der Waals surface area contributed by atoms with Crippen molar-refractivity contribution in [1.29, 1.82) is 5.26 Å². The lowest BCUT2D eigenvalue weighted by molar-refractivity contribution is -0.122. The van der Waals surface area contributed by atoms with Gasteiger partial charge in [0.05, 0.1) is 17.5 Å². The molecule has 5 nitrogen and oxygen atoms in total. The molecule has 0 radical (unpaired) electrons. The lowest BCUT2D eigenvalue weighted by Crippen LogP contribution is -2.50. The third kappa shape index (κ3) is 4.25. The number of carbonyl (C=O) groups excluding carboxylic acids is 1. The molecule has 0 aliphatic heterocycles. The monoisotopic (exact) mass is 373 g/mol. The fourth-order valence-electron chi connectivity index (χ4n) is 3.02. The molecule has 1 amide bonds. The van der Waals surface area contributed by atoms with Crippen LogP contribution in [0.2, 0.25) is 0 Å². The Hall–Kier alpha value is -2.33. The van der Waals surface area contributed by atoms with Crippen LogP contribution in [0.3, 0.4) is 0 Å². The van der Waals surface area contributed by atoms with E-state index in [2.05, 4.69) is 16.4 Å². The van der Waals surface area contributed by atoms with Crippen molar-refractivity contribution < 1.29 is 13.6 Å². The van der Waals surface area contributed by atoms with Crippen LogP contribution >= 0.6 is 11.8 Å². The van der Waals surface area contributed by atoms with Gasteiger partial charge in [-0.15, -0.1) is 0 Å². The van der Waals surface area contributed by atoms with Crippen LogP contribution in [-0.4, -0.2) is 21.7 Å². The molecule has 1 N–H and O–H groups in total. The summed E-state index contributed by atoms with van der Waals surface area (Å²) in [5, 5.41) is 12.3. The first-order valence-corrected chi connectivity index (χ1v) is 9.51. The molecule has 136 valence electrons. The average Bonchev–Trinajstić information content (AvgIpc) is 3.11. The van der Waals surface area contributed by atoms with E-state index in [1.807, 2.05) is 0 Å². The maximum Gasteiger partial charge on any atom is 0.256 e. The third-order valence-electron chi connectivity index (χ3n) is 4.54. The Bertz CT molecular complexity index is 807. The van der Waals surface area contributed by atoms with Gasteiger partial charge in [0, 0.05) is 5.56 Å². The molecule has 0 saturated heterocycles. The van der Waals surface area contributed by atoms with Gasteiger partial charge >= 0.3 is 0 Å². The molecular weight excluding hydrogens is 353 g/mol. The number of hydrogen-bond acceptors (Lipinski definition) is 5. The lowest BCUT2D eigenvalue weighted by atomic mass is 9.83. The molecule has 1 heterocycles. The SMILES string of the molecule is CC(Sc1ncc(-c2ccc(F)cc2)o1)C(=O)NC1(C#N)CCCCC1. The molecule has 0 bridgehead atoms. The molecule has 0 spiro atoms. The summed E-state index contributed by atoms with van der Waals surface area (Å²) in [7, 11) is 0. The molecule has 1 atom stereocenters. The van der Waals surface area contributed by atoms with E-state index in [1.54, 1.807) is 25.3 Å². The van der Waals surface area contributed by atoms with Gasteiger partial charge in [-0.25, -0.2) is 9.37 Å². The van der Waals surface area contributed by atoms with Gasteiger partial charge < -0.3 is 9.73 Å². The van der Waals surface area contributed by atoms with Crippen molar-refractivity contribution in [2.24, 2.45) is 0 Å². The zero-order valence-electron chi connectivity index (χ0n) is 14.5. The fraction of sp³-hybridized carbons (Fsp3) is 0.421. The summed E-state index contributed by atoms with van der Waals surface area (Å²) in [5.41, 5.74) is -0.0338. The maximum absolute atomic E-state index is 13.0. The predicted octanol–water partition coefficient (Wildman–Crippen LogP) is 4.30. The summed E-state index contributed by atoms with van der Waals surface area (Å²) in [6.07, 6.45) is 5.96. The number of thioether (sulfide) groups is 1.